The summed E-state index contributed by atoms with van der Waals surface area (Å²) in [4.78, 5) is 6.05. The van der Waals surface area contributed by atoms with Crippen LogP contribution in [0.3, 0.4) is 0 Å². The van der Waals surface area contributed by atoms with Gasteiger partial charge in [0.2, 0.25) is 0 Å². The monoisotopic (exact) mass is 129 g/mol. The second kappa shape index (κ2) is 2.68. The van der Waals surface area contributed by atoms with E-state index in [1.54, 1.807) is 0 Å². The van der Waals surface area contributed by atoms with Crippen molar-refractivity contribution in [1.29, 1.82) is 0 Å². The third kappa shape index (κ3) is 1.32. The molecule has 0 fully saturated rings. The first-order chi connectivity index (χ1) is 4.34. The molecule has 9 heavy (non-hydrogen) atoms. The summed E-state index contributed by atoms with van der Waals surface area (Å²) in [6, 6.07) is 0. The van der Waals surface area contributed by atoms with Gasteiger partial charge >= 0.3 is 0 Å². The summed E-state index contributed by atoms with van der Waals surface area (Å²) >= 11 is 0. The summed E-state index contributed by atoms with van der Waals surface area (Å²) in [6.45, 7) is 1.74. The predicted molar refractivity (Wildman–Crippen MR) is 35.2 cm³/mol. The number of hydrogen-bond donors (Lipinski definition) is 2. The van der Waals surface area contributed by atoms with Crippen LogP contribution in [0.1, 0.15) is 0 Å². The highest BCUT2D eigenvalue weighted by molar-refractivity contribution is 5.80. The summed E-state index contributed by atoms with van der Waals surface area (Å²) in [5, 5.41) is 11.2. The zero-order chi connectivity index (χ0) is 6.69. The lowest BCUT2D eigenvalue weighted by molar-refractivity contribution is 0.280. The van der Waals surface area contributed by atoms with Gasteiger partial charge < -0.3 is 15.3 Å². The smallest absolute Gasteiger partial charge is 0.195 e. The molecule has 0 aromatic rings. The first-order valence-corrected chi connectivity index (χ1v) is 2.95. The fourth-order valence-electron chi connectivity index (χ4n) is 0.794. The largest absolute Gasteiger partial charge is 0.376 e. The Kier molecular flexibility index (Phi) is 1.89. The van der Waals surface area contributed by atoms with Crippen LogP contribution in [0.15, 0.2) is 4.99 Å². The van der Waals surface area contributed by atoms with E-state index < -0.39 is 0 Å². The molecule has 0 amide bonds. The van der Waals surface area contributed by atoms with Crippen molar-refractivity contribution in [3.8, 4) is 0 Å². The summed E-state index contributed by atoms with van der Waals surface area (Å²) < 4.78 is 0. The molecule has 0 radical (unpaired) electrons. The van der Waals surface area contributed by atoms with Gasteiger partial charge in [-0.3, -0.25) is 4.99 Å². The lowest BCUT2D eigenvalue weighted by Crippen LogP contribution is -2.35. The number of nitrogens with one attached hydrogen (secondary N) is 1. The number of aliphatic imine (C=N–C) groups is 1. The number of aliphatic hydroxyl groups excluding tert-OH is 1. The fourth-order valence-corrected chi connectivity index (χ4v) is 0.794. The number of likely N-dealkylation sites (N-methyl/N-ethyl adjacent to an activating group) is 1. The highest BCUT2D eigenvalue weighted by Gasteiger charge is 2.09. The van der Waals surface area contributed by atoms with E-state index >= 15 is 0 Å². The summed E-state index contributed by atoms with van der Waals surface area (Å²) in [5.74, 6) is 0.789. The van der Waals surface area contributed by atoms with Gasteiger partial charge in [0, 0.05) is 13.6 Å². The maximum absolute atomic E-state index is 8.43. The molecule has 4 heteroatoms. The molecule has 1 rings (SSSR count). The van der Waals surface area contributed by atoms with E-state index in [2.05, 4.69) is 10.3 Å². The van der Waals surface area contributed by atoms with Crippen LogP contribution >= 0.6 is 0 Å². The van der Waals surface area contributed by atoms with E-state index in [1.807, 2.05) is 11.9 Å². The van der Waals surface area contributed by atoms with Crippen molar-refractivity contribution < 1.29 is 5.11 Å². The molecule has 0 saturated carbocycles. The van der Waals surface area contributed by atoms with Crippen LogP contribution in [0, 0.1) is 0 Å². The Morgan fingerprint density at radius 3 is 3.11 bits per heavy atom. The Labute approximate surface area is 54.2 Å². The van der Waals surface area contributed by atoms with E-state index in [1.165, 1.54) is 0 Å². The Hall–Kier alpha value is -0.770. The molecule has 0 saturated heterocycles. The van der Waals surface area contributed by atoms with E-state index in [4.69, 9.17) is 5.11 Å². The Morgan fingerprint density at radius 1 is 1.89 bits per heavy atom. The molecule has 0 atom stereocenters. The average Bonchev–Trinajstić information content (AvgIpc) is 2.18. The van der Waals surface area contributed by atoms with Crippen LogP contribution in [0.2, 0.25) is 0 Å². The van der Waals surface area contributed by atoms with Gasteiger partial charge in [-0.1, -0.05) is 0 Å². The first-order valence-electron chi connectivity index (χ1n) is 2.95. The summed E-state index contributed by atoms with van der Waals surface area (Å²) in [5.41, 5.74) is 0. The van der Waals surface area contributed by atoms with Crippen molar-refractivity contribution in [3.63, 3.8) is 0 Å². The molecule has 4 nitrogen and oxygen atoms in total. The lowest BCUT2D eigenvalue weighted by atomic mass is 10.6. The van der Waals surface area contributed by atoms with E-state index in [0.717, 1.165) is 19.0 Å². The van der Waals surface area contributed by atoms with E-state index in [9.17, 15) is 0 Å². The molecule has 52 valence electrons. The molecule has 0 aromatic carbocycles. The highest BCUT2D eigenvalue weighted by atomic mass is 16.3. The molecule has 1 aliphatic heterocycles. The van der Waals surface area contributed by atoms with Crippen LogP contribution in [0.5, 0.6) is 0 Å². The molecule has 0 spiro atoms. The van der Waals surface area contributed by atoms with Gasteiger partial charge in [0.25, 0.3) is 0 Å². The van der Waals surface area contributed by atoms with Crippen molar-refractivity contribution in [2.75, 3.05) is 26.9 Å². The van der Waals surface area contributed by atoms with Crippen molar-refractivity contribution in [1.82, 2.24) is 10.2 Å². The van der Waals surface area contributed by atoms with Gasteiger partial charge in [0.15, 0.2) is 5.96 Å². The third-order valence-corrected chi connectivity index (χ3v) is 1.30. The Balaban J connectivity index is 2.38. The predicted octanol–water partition coefficient (Wildman–Crippen LogP) is -1.17. The lowest BCUT2D eigenvalue weighted by Gasteiger charge is -2.12. The number of hydrogen-bond acceptors (Lipinski definition) is 4. The zero-order valence-electron chi connectivity index (χ0n) is 5.46. The quantitative estimate of drug-likeness (QED) is 0.438. The zero-order valence-corrected chi connectivity index (χ0v) is 5.46. The maximum Gasteiger partial charge on any atom is 0.195 e. The number of rotatable bonds is 1. The molecule has 2 N–H and O–H groups in total. The van der Waals surface area contributed by atoms with Gasteiger partial charge in [-0.2, -0.15) is 0 Å². The van der Waals surface area contributed by atoms with Crippen LogP contribution in [-0.2, 0) is 0 Å². The van der Waals surface area contributed by atoms with Crippen molar-refractivity contribution in [2.24, 2.45) is 4.99 Å². The summed E-state index contributed by atoms with van der Waals surface area (Å²) in [7, 11) is 1.94. The topological polar surface area (TPSA) is 47.9 Å². The number of aliphatic hydroxyl groups is 1. The molecule has 0 bridgehead atoms. The van der Waals surface area contributed by atoms with Gasteiger partial charge in [0.05, 0.1) is 6.54 Å². The maximum atomic E-state index is 8.43. The normalized spacial score (nSPS) is 18.0. The highest BCUT2D eigenvalue weighted by Crippen LogP contribution is 1.93. The number of nitrogens with zero attached hydrogens (tertiary/aromatic N) is 2. The molecule has 0 unspecified atom stereocenters. The third-order valence-electron chi connectivity index (χ3n) is 1.30. The summed E-state index contributed by atoms with van der Waals surface area (Å²) in [6.07, 6.45) is 0. The molecule has 1 heterocycles. The van der Waals surface area contributed by atoms with Crippen LogP contribution in [0.4, 0.5) is 0 Å². The van der Waals surface area contributed by atoms with Gasteiger partial charge in [-0.15, -0.1) is 0 Å². The SMILES string of the molecule is CN1CCN=C1NCO. The minimum atomic E-state index is -0.0385. The van der Waals surface area contributed by atoms with Crippen molar-refractivity contribution >= 4 is 5.96 Å². The van der Waals surface area contributed by atoms with Gasteiger partial charge in [-0.25, -0.2) is 0 Å². The standard InChI is InChI=1S/C5H11N3O/c1-8-3-2-6-5(8)7-4-9/h9H,2-4H2,1H3,(H,6,7). The van der Waals surface area contributed by atoms with Crippen LogP contribution < -0.4 is 5.32 Å². The van der Waals surface area contributed by atoms with E-state index in [0.29, 0.717) is 0 Å². The van der Waals surface area contributed by atoms with E-state index in [-0.39, 0.29) is 6.73 Å². The molecule has 0 aliphatic carbocycles. The molecule has 1 aliphatic rings. The number of guanidine groups is 1. The Bertz CT molecular complexity index is 123. The first kappa shape index (κ1) is 6.35. The minimum absolute atomic E-state index is 0.0385. The van der Waals surface area contributed by atoms with Crippen molar-refractivity contribution in [3.05, 3.63) is 0 Å². The van der Waals surface area contributed by atoms with Crippen molar-refractivity contribution in [2.45, 2.75) is 0 Å². The molecule has 0 aromatic heterocycles. The molecular weight excluding hydrogens is 118 g/mol. The minimum Gasteiger partial charge on any atom is -0.376 e. The fraction of sp³-hybridized carbons (Fsp3) is 0.800. The van der Waals surface area contributed by atoms with Gasteiger partial charge in [0.1, 0.15) is 6.73 Å². The van der Waals surface area contributed by atoms with Crippen LogP contribution in [0.25, 0.3) is 0 Å². The second-order valence-corrected chi connectivity index (χ2v) is 1.96. The van der Waals surface area contributed by atoms with Crippen LogP contribution in [-0.4, -0.2) is 42.8 Å². The van der Waals surface area contributed by atoms with Gasteiger partial charge in [-0.05, 0) is 0 Å². The second-order valence-electron chi connectivity index (χ2n) is 1.96. The molecular formula is C5H11N3O. The average molecular weight is 129 g/mol. The Morgan fingerprint density at radius 2 is 2.67 bits per heavy atom.